The number of hydrogen-bond donors (Lipinski definition) is 2. The number of nitrogens with one attached hydrogen (secondary N) is 1. The number of anilines is 1. The van der Waals surface area contributed by atoms with E-state index in [1.165, 1.54) is 12.8 Å². The third-order valence-electron chi connectivity index (χ3n) is 6.47. The molecule has 3 unspecified atom stereocenters. The van der Waals surface area contributed by atoms with Crippen LogP contribution < -0.4 is 11.1 Å². The molecule has 3 heteroatoms. The predicted molar refractivity (Wildman–Crippen MR) is 85.7 cm³/mol. The Morgan fingerprint density at radius 3 is 2.48 bits per heavy atom. The van der Waals surface area contributed by atoms with E-state index in [0.717, 1.165) is 23.6 Å². The van der Waals surface area contributed by atoms with Crippen LogP contribution >= 0.6 is 0 Å². The Balaban J connectivity index is 1.65. The van der Waals surface area contributed by atoms with Crippen LogP contribution in [0, 0.1) is 16.7 Å². The smallest absolute Gasteiger partial charge is 0.224 e. The second-order valence-corrected chi connectivity index (χ2v) is 7.65. The van der Waals surface area contributed by atoms with Crippen LogP contribution in [0.15, 0.2) is 24.3 Å². The van der Waals surface area contributed by atoms with Crippen LogP contribution in [0.1, 0.15) is 45.6 Å². The molecule has 0 spiro atoms. The average Bonchev–Trinajstić information content (AvgIpc) is 2.74. The van der Waals surface area contributed by atoms with Crippen molar-refractivity contribution < 1.29 is 4.79 Å². The quantitative estimate of drug-likeness (QED) is 0.839. The molecular formula is C18H26N2O. The molecule has 114 valence electrons. The zero-order chi connectivity index (χ0) is 15.3. The first-order chi connectivity index (χ1) is 9.83. The van der Waals surface area contributed by atoms with E-state index < -0.39 is 0 Å². The molecule has 0 heterocycles. The van der Waals surface area contributed by atoms with Crippen LogP contribution in [0.4, 0.5) is 5.69 Å². The summed E-state index contributed by atoms with van der Waals surface area (Å²) in [6.07, 6.45) is 4.13. The van der Waals surface area contributed by atoms with Crippen LogP contribution in [0.3, 0.4) is 0 Å². The highest BCUT2D eigenvalue weighted by atomic mass is 16.1. The number of carbonyl (C=O) groups is 1. The first-order valence-corrected chi connectivity index (χ1v) is 7.97. The first kappa shape index (κ1) is 14.4. The van der Waals surface area contributed by atoms with Gasteiger partial charge < -0.3 is 11.1 Å². The SMILES string of the molecule is CC1(C)C2CCC1(C)C(NC(=O)Cc1ccc(N)cc1)C2. The molecule has 0 aromatic heterocycles. The molecule has 21 heavy (non-hydrogen) atoms. The highest BCUT2D eigenvalue weighted by Crippen LogP contribution is 2.65. The number of hydrogen-bond acceptors (Lipinski definition) is 2. The molecule has 3 N–H and O–H groups in total. The number of fused-ring (bicyclic) bond motifs is 2. The van der Waals surface area contributed by atoms with Gasteiger partial charge in [0.2, 0.25) is 5.91 Å². The van der Waals surface area contributed by atoms with Crippen molar-refractivity contribution in [1.82, 2.24) is 5.32 Å². The fraction of sp³-hybridized carbons (Fsp3) is 0.611. The Hall–Kier alpha value is -1.51. The van der Waals surface area contributed by atoms with Crippen molar-refractivity contribution >= 4 is 11.6 Å². The third-order valence-corrected chi connectivity index (χ3v) is 6.47. The van der Waals surface area contributed by atoms with Gasteiger partial charge in [-0.05, 0) is 53.7 Å². The summed E-state index contributed by atoms with van der Waals surface area (Å²) in [6, 6.07) is 7.89. The summed E-state index contributed by atoms with van der Waals surface area (Å²) in [5.41, 5.74) is 8.02. The van der Waals surface area contributed by atoms with E-state index in [1.54, 1.807) is 0 Å². The summed E-state index contributed by atoms with van der Waals surface area (Å²) in [4.78, 5) is 12.3. The molecule has 1 aromatic carbocycles. The van der Waals surface area contributed by atoms with Gasteiger partial charge in [0.1, 0.15) is 0 Å². The lowest BCUT2D eigenvalue weighted by atomic mass is 9.69. The highest BCUT2D eigenvalue weighted by Gasteiger charge is 2.61. The van der Waals surface area contributed by atoms with Crippen molar-refractivity contribution in [2.24, 2.45) is 16.7 Å². The molecule has 3 rings (SSSR count). The van der Waals surface area contributed by atoms with Gasteiger partial charge in [0.05, 0.1) is 6.42 Å². The van der Waals surface area contributed by atoms with E-state index in [2.05, 4.69) is 26.1 Å². The van der Waals surface area contributed by atoms with E-state index in [9.17, 15) is 4.79 Å². The van der Waals surface area contributed by atoms with E-state index in [4.69, 9.17) is 5.73 Å². The molecule has 0 radical (unpaired) electrons. The molecule has 2 fully saturated rings. The van der Waals surface area contributed by atoms with E-state index in [1.807, 2.05) is 24.3 Å². The summed E-state index contributed by atoms with van der Waals surface area (Å²) >= 11 is 0. The molecule has 2 saturated carbocycles. The molecule has 1 amide bonds. The third kappa shape index (κ3) is 2.23. The average molecular weight is 286 g/mol. The van der Waals surface area contributed by atoms with Crippen molar-refractivity contribution in [2.75, 3.05) is 5.73 Å². The number of amides is 1. The van der Waals surface area contributed by atoms with E-state index >= 15 is 0 Å². The number of benzene rings is 1. The number of nitrogens with two attached hydrogens (primary N) is 1. The van der Waals surface area contributed by atoms with Gasteiger partial charge in [0.25, 0.3) is 0 Å². The summed E-state index contributed by atoms with van der Waals surface area (Å²) in [6.45, 7) is 7.10. The van der Waals surface area contributed by atoms with Crippen molar-refractivity contribution in [3.8, 4) is 0 Å². The number of nitrogen functional groups attached to an aromatic ring is 1. The minimum atomic E-state index is 0.134. The maximum Gasteiger partial charge on any atom is 0.224 e. The second-order valence-electron chi connectivity index (χ2n) is 7.65. The predicted octanol–water partition coefficient (Wildman–Crippen LogP) is 3.14. The van der Waals surface area contributed by atoms with Gasteiger partial charge >= 0.3 is 0 Å². The highest BCUT2D eigenvalue weighted by molar-refractivity contribution is 5.79. The van der Waals surface area contributed by atoms with Gasteiger partial charge in [-0.3, -0.25) is 4.79 Å². The molecule has 3 nitrogen and oxygen atoms in total. The van der Waals surface area contributed by atoms with Crippen molar-refractivity contribution in [2.45, 2.75) is 52.5 Å². The largest absolute Gasteiger partial charge is 0.399 e. The van der Waals surface area contributed by atoms with E-state index in [-0.39, 0.29) is 11.3 Å². The monoisotopic (exact) mass is 286 g/mol. The standard InChI is InChI=1S/C18H26N2O/c1-17(2)13-8-9-18(17,3)15(11-13)20-16(21)10-12-4-6-14(19)7-5-12/h4-7,13,15H,8-11,19H2,1-3H3,(H,20,21). The lowest BCUT2D eigenvalue weighted by Crippen LogP contribution is -2.47. The molecule has 2 aliphatic rings. The first-order valence-electron chi connectivity index (χ1n) is 7.97. The van der Waals surface area contributed by atoms with Gasteiger partial charge in [-0.2, -0.15) is 0 Å². The summed E-state index contributed by atoms with van der Waals surface area (Å²) in [5.74, 6) is 0.888. The van der Waals surface area contributed by atoms with Crippen molar-refractivity contribution in [3.05, 3.63) is 29.8 Å². The van der Waals surface area contributed by atoms with Crippen LogP contribution in [-0.2, 0) is 11.2 Å². The van der Waals surface area contributed by atoms with Gasteiger partial charge in [-0.1, -0.05) is 32.9 Å². The van der Waals surface area contributed by atoms with Crippen LogP contribution in [0.25, 0.3) is 0 Å². The van der Waals surface area contributed by atoms with Gasteiger partial charge in [-0.15, -0.1) is 0 Å². The van der Waals surface area contributed by atoms with Gasteiger partial charge in [0.15, 0.2) is 0 Å². The molecular weight excluding hydrogens is 260 g/mol. The summed E-state index contributed by atoms with van der Waals surface area (Å²) < 4.78 is 0. The Bertz CT molecular complexity index is 549. The molecule has 2 aliphatic carbocycles. The lowest BCUT2D eigenvalue weighted by molar-refractivity contribution is -0.122. The normalized spacial score (nSPS) is 33.1. The second kappa shape index (κ2) is 4.75. The maximum absolute atomic E-state index is 12.3. The Kier molecular flexibility index (Phi) is 3.27. The van der Waals surface area contributed by atoms with Gasteiger partial charge in [-0.25, -0.2) is 0 Å². The van der Waals surface area contributed by atoms with Crippen LogP contribution in [0.5, 0.6) is 0 Å². The molecule has 3 atom stereocenters. The topological polar surface area (TPSA) is 55.1 Å². The zero-order valence-electron chi connectivity index (χ0n) is 13.3. The Morgan fingerprint density at radius 1 is 1.29 bits per heavy atom. The molecule has 1 aromatic rings. The summed E-state index contributed by atoms with van der Waals surface area (Å²) in [7, 11) is 0. The van der Waals surface area contributed by atoms with Crippen molar-refractivity contribution in [3.63, 3.8) is 0 Å². The molecule has 2 bridgehead atoms. The minimum absolute atomic E-state index is 0.134. The Morgan fingerprint density at radius 2 is 1.95 bits per heavy atom. The lowest BCUT2D eigenvalue weighted by Gasteiger charge is -2.39. The fourth-order valence-corrected chi connectivity index (χ4v) is 4.49. The van der Waals surface area contributed by atoms with Gasteiger partial charge in [0, 0.05) is 11.7 Å². The molecule has 0 aliphatic heterocycles. The number of rotatable bonds is 3. The zero-order valence-corrected chi connectivity index (χ0v) is 13.3. The maximum atomic E-state index is 12.3. The van der Waals surface area contributed by atoms with E-state index in [0.29, 0.717) is 17.9 Å². The Labute approximate surface area is 127 Å². The van der Waals surface area contributed by atoms with Crippen LogP contribution in [-0.4, -0.2) is 11.9 Å². The fourth-order valence-electron chi connectivity index (χ4n) is 4.49. The van der Waals surface area contributed by atoms with Crippen LogP contribution in [0.2, 0.25) is 0 Å². The minimum Gasteiger partial charge on any atom is -0.399 e. The number of carbonyl (C=O) groups excluding carboxylic acids is 1. The van der Waals surface area contributed by atoms with Crippen molar-refractivity contribution in [1.29, 1.82) is 0 Å². The summed E-state index contributed by atoms with van der Waals surface area (Å²) in [5, 5.41) is 3.30. The molecule has 0 saturated heterocycles.